The predicted octanol–water partition coefficient (Wildman–Crippen LogP) is 2.13. The fourth-order valence-electron chi connectivity index (χ4n) is 2.67. The van der Waals surface area contributed by atoms with Crippen LogP contribution in [0.2, 0.25) is 5.02 Å². The van der Waals surface area contributed by atoms with Crippen molar-refractivity contribution < 1.29 is 9.59 Å². The van der Waals surface area contributed by atoms with E-state index in [4.69, 9.17) is 11.6 Å². The van der Waals surface area contributed by atoms with E-state index in [9.17, 15) is 9.59 Å². The van der Waals surface area contributed by atoms with Crippen LogP contribution in [0.25, 0.3) is 11.3 Å². The average Bonchev–Trinajstić information content (AvgIpc) is 3.02. The topological polar surface area (TPSA) is 86.9 Å². The van der Waals surface area contributed by atoms with Gasteiger partial charge in [0.2, 0.25) is 5.91 Å². The van der Waals surface area contributed by atoms with Crippen molar-refractivity contribution in [2.75, 3.05) is 6.54 Å². The van der Waals surface area contributed by atoms with Gasteiger partial charge in [0.1, 0.15) is 0 Å². The molecule has 0 unspecified atom stereocenters. The van der Waals surface area contributed by atoms with E-state index < -0.39 is 0 Å². The molecule has 1 aromatic carbocycles. The second-order valence-corrected chi connectivity index (χ2v) is 5.97. The van der Waals surface area contributed by atoms with E-state index in [1.807, 2.05) is 12.1 Å². The van der Waals surface area contributed by atoms with Crippen molar-refractivity contribution in [2.45, 2.75) is 25.3 Å². The van der Waals surface area contributed by atoms with E-state index in [1.165, 1.54) is 6.20 Å². The Morgan fingerprint density at radius 2 is 2.30 bits per heavy atom. The zero-order valence-electron chi connectivity index (χ0n) is 12.4. The maximum Gasteiger partial charge on any atom is 0.255 e. The van der Waals surface area contributed by atoms with Crippen LogP contribution < -0.4 is 10.6 Å². The lowest BCUT2D eigenvalue weighted by atomic mass is 10.0. The summed E-state index contributed by atoms with van der Waals surface area (Å²) < 4.78 is 0. The zero-order valence-corrected chi connectivity index (χ0v) is 13.2. The van der Waals surface area contributed by atoms with Crippen LogP contribution in [-0.4, -0.2) is 34.6 Å². The highest BCUT2D eigenvalue weighted by Gasteiger charge is 2.20. The second kappa shape index (κ2) is 6.83. The number of carbonyl (C=O) groups is 2. The fourth-order valence-corrected chi connectivity index (χ4v) is 2.86. The third-order valence-corrected chi connectivity index (χ3v) is 4.06. The highest BCUT2D eigenvalue weighted by molar-refractivity contribution is 6.30. The summed E-state index contributed by atoms with van der Waals surface area (Å²) in [6, 6.07) is 7.21. The molecule has 1 fully saturated rings. The van der Waals surface area contributed by atoms with Crippen molar-refractivity contribution in [1.82, 2.24) is 20.8 Å². The lowest BCUT2D eigenvalue weighted by Gasteiger charge is -2.23. The van der Waals surface area contributed by atoms with Crippen molar-refractivity contribution in [3.05, 3.63) is 41.0 Å². The Hall–Kier alpha value is -2.34. The Balaban J connectivity index is 1.69. The number of hydrogen-bond acceptors (Lipinski definition) is 3. The van der Waals surface area contributed by atoms with E-state index >= 15 is 0 Å². The van der Waals surface area contributed by atoms with Crippen LogP contribution in [0.1, 0.15) is 29.6 Å². The average molecular weight is 333 g/mol. The first-order chi connectivity index (χ1) is 11.1. The molecule has 0 saturated carbocycles. The highest BCUT2D eigenvalue weighted by Crippen LogP contribution is 2.23. The fraction of sp³-hybridized carbons (Fsp3) is 0.312. The second-order valence-electron chi connectivity index (χ2n) is 5.54. The minimum atomic E-state index is -0.228. The van der Waals surface area contributed by atoms with Gasteiger partial charge in [0, 0.05) is 29.6 Å². The molecule has 2 amide bonds. The Kier molecular flexibility index (Phi) is 4.62. The van der Waals surface area contributed by atoms with Gasteiger partial charge >= 0.3 is 0 Å². The number of carbonyl (C=O) groups excluding carboxylic acids is 2. The highest BCUT2D eigenvalue weighted by atomic mass is 35.5. The Morgan fingerprint density at radius 3 is 3.09 bits per heavy atom. The lowest BCUT2D eigenvalue weighted by molar-refractivity contribution is -0.123. The minimum absolute atomic E-state index is 0.0123. The summed E-state index contributed by atoms with van der Waals surface area (Å²) in [5, 5.41) is 13.1. The number of hydrogen-bond donors (Lipinski definition) is 3. The number of aromatic amines is 1. The van der Waals surface area contributed by atoms with E-state index in [2.05, 4.69) is 20.8 Å². The van der Waals surface area contributed by atoms with Crippen LogP contribution in [0.4, 0.5) is 0 Å². The lowest BCUT2D eigenvalue weighted by Crippen LogP contribution is -2.46. The van der Waals surface area contributed by atoms with Gasteiger partial charge < -0.3 is 10.6 Å². The van der Waals surface area contributed by atoms with Gasteiger partial charge in [-0.25, -0.2) is 0 Å². The molecule has 2 aromatic rings. The van der Waals surface area contributed by atoms with Crippen molar-refractivity contribution in [3.63, 3.8) is 0 Å². The van der Waals surface area contributed by atoms with Crippen molar-refractivity contribution in [1.29, 1.82) is 0 Å². The van der Waals surface area contributed by atoms with Crippen LogP contribution in [0.5, 0.6) is 0 Å². The summed E-state index contributed by atoms with van der Waals surface area (Å²) in [7, 11) is 0. The number of piperidine rings is 1. The number of nitrogens with zero attached hydrogens (tertiary/aromatic N) is 1. The number of rotatable bonds is 4. The van der Waals surface area contributed by atoms with Gasteiger partial charge in [-0.3, -0.25) is 14.7 Å². The molecule has 2 heterocycles. The monoisotopic (exact) mass is 332 g/mol. The molecule has 0 radical (unpaired) electrons. The summed E-state index contributed by atoms with van der Waals surface area (Å²) in [6.07, 6.45) is 3.78. The molecule has 1 aliphatic heterocycles. The van der Waals surface area contributed by atoms with E-state index in [1.54, 1.807) is 12.1 Å². The normalized spacial score (nSPS) is 17.6. The predicted molar refractivity (Wildman–Crippen MR) is 87.1 cm³/mol. The van der Waals surface area contributed by atoms with E-state index in [-0.39, 0.29) is 17.9 Å². The van der Waals surface area contributed by atoms with Crippen LogP contribution in [0.3, 0.4) is 0 Å². The minimum Gasteiger partial charge on any atom is -0.352 e. The smallest absolute Gasteiger partial charge is 0.255 e. The maximum atomic E-state index is 12.4. The molecule has 1 saturated heterocycles. The molecular formula is C16H17ClN4O2. The zero-order chi connectivity index (χ0) is 16.2. The van der Waals surface area contributed by atoms with Crippen LogP contribution in [0.15, 0.2) is 30.5 Å². The molecule has 0 bridgehead atoms. The SMILES string of the molecule is O=C1CCC[C@H](CNC(=O)c2cn[nH]c2-c2cccc(Cl)c2)N1. The molecule has 0 spiro atoms. The quantitative estimate of drug-likeness (QED) is 0.801. The van der Waals surface area contributed by atoms with E-state index in [0.717, 1.165) is 18.4 Å². The van der Waals surface area contributed by atoms with Gasteiger partial charge in [0.25, 0.3) is 5.91 Å². The van der Waals surface area contributed by atoms with Crippen molar-refractivity contribution in [3.8, 4) is 11.3 Å². The first-order valence-electron chi connectivity index (χ1n) is 7.50. The van der Waals surface area contributed by atoms with Gasteiger partial charge in [-0.15, -0.1) is 0 Å². The molecule has 1 atom stereocenters. The Morgan fingerprint density at radius 1 is 1.43 bits per heavy atom. The number of H-pyrrole nitrogens is 1. The first kappa shape index (κ1) is 15.6. The molecule has 1 aromatic heterocycles. The molecule has 6 nitrogen and oxygen atoms in total. The molecule has 3 rings (SSSR count). The number of halogens is 1. The Labute approximate surface area is 138 Å². The molecule has 0 aliphatic carbocycles. The van der Waals surface area contributed by atoms with Gasteiger partial charge in [-0.2, -0.15) is 5.10 Å². The van der Waals surface area contributed by atoms with Crippen LogP contribution in [0, 0.1) is 0 Å². The van der Waals surface area contributed by atoms with Gasteiger partial charge in [-0.05, 0) is 25.0 Å². The molecule has 3 N–H and O–H groups in total. The maximum absolute atomic E-state index is 12.4. The van der Waals surface area contributed by atoms with Crippen LogP contribution >= 0.6 is 11.6 Å². The largest absolute Gasteiger partial charge is 0.352 e. The van der Waals surface area contributed by atoms with Crippen molar-refractivity contribution >= 4 is 23.4 Å². The van der Waals surface area contributed by atoms with E-state index in [0.29, 0.717) is 29.2 Å². The molecule has 7 heteroatoms. The molecular weight excluding hydrogens is 316 g/mol. The molecule has 1 aliphatic rings. The number of aromatic nitrogens is 2. The Bertz CT molecular complexity index is 728. The summed E-state index contributed by atoms with van der Waals surface area (Å²) in [6.45, 7) is 0.407. The first-order valence-corrected chi connectivity index (χ1v) is 7.88. The molecule has 120 valence electrons. The number of benzene rings is 1. The van der Waals surface area contributed by atoms with Crippen molar-refractivity contribution in [2.24, 2.45) is 0 Å². The standard InChI is InChI=1S/C16H17ClN4O2/c17-11-4-1-3-10(7-11)15-13(9-19-21-15)16(23)18-8-12-5-2-6-14(22)20-12/h1,3-4,7,9,12H,2,5-6,8H2,(H,18,23)(H,19,21)(H,20,22)/t12-/m1/s1. The van der Waals surface area contributed by atoms with Gasteiger partial charge in [0.15, 0.2) is 0 Å². The molecule has 23 heavy (non-hydrogen) atoms. The summed E-state index contributed by atoms with van der Waals surface area (Å²) in [5.74, 6) is -0.188. The van der Waals surface area contributed by atoms with Gasteiger partial charge in [0.05, 0.1) is 17.5 Å². The summed E-state index contributed by atoms with van der Waals surface area (Å²) >= 11 is 6.00. The van der Waals surface area contributed by atoms with Crippen LogP contribution in [-0.2, 0) is 4.79 Å². The summed E-state index contributed by atoms with van der Waals surface area (Å²) in [4.78, 5) is 23.8. The third-order valence-electron chi connectivity index (χ3n) is 3.83. The number of amides is 2. The van der Waals surface area contributed by atoms with Gasteiger partial charge in [-0.1, -0.05) is 23.7 Å². The number of nitrogens with one attached hydrogen (secondary N) is 3. The third kappa shape index (κ3) is 3.71. The summed E-state index contributed by atoms with van der Waals surface area (Å²) in [5.41, 5.74) is 1.87.